The lowest BCUT2D eigenvalue weighted by atomic mass is 10.1. The average molecular weight is 294 g/mol. The highest BCUT2D eigenvalue weighted by atomic mass is 16.1. The van der Waals surface area contributed by atoms with Crippen molar-refractivity contribution in [3.8, 4) is 0 Å². The molecule has 112 valence electrons. The number of amides is 1. The summed E-state index contributed by atoms with van der Waals surface area (Å²) in [5.74, 6) is 0.281. The largest absolute Gasteiger partial charge is 0.352 e. The summed E-state index contributed by atoms with van der Waals surface area (Å²) < 4.78 is 2.01. The molecular formula is C17H18N4O. The van der Waals surface area contributed by atoms with Crippen molar-refractivity contribution < 1.29 is 4.79 Å². The summed E-state index contributed by atoms with van der Waals surface area (Å²) in [5.41, 5.74) is 1.56. The van der Waals surface area contributed by atoms with Crippen LogP contribution in [0.15, 0.2) is 55.2 Å². The molecule has 3 aromatic rings. The highest BCUT2D eigenvalue weighted by Gasteiger charge is 2.09. The van der Waals surface area contributed by atoms with Crippen LogP contribution in [0.2, 0.25) is 0 Å². The van der Waals surface area contributed by atoms with Crippen LogP contribution in [-0.2, 0) is 6.54 Å². The van der Waals surface area contributed by atoms with Crippen LogP contribution < -0.4 is 5.32 Å². The van der Waals surface area contributed by atoms with Gasteiger partial charge in [-0.3, -0.25) is 9.78 Å². The van der Waals surface area contributed by atoms with E-state index < -0.39 is 0 Å². The number of nitrogens with one attached hydrogen (secondary N) is 1. The van der Waals surface area contributed by atoms with Crippen LogP contribution >= 0.6 is 0 Å². The molecule has 2 heterocycles. The number of imidazole rings is 1. The fourth-order valence-corrected chi connectivity index (χ4v) is 2.41. The van der Waals surface area contributed by atoms with Gasteiger partial charge in [0.2, 0.25) is 0 Å². The zero-order valence-corrected chi connectivity index (χ0v) is 12.4. The minimum Gasteiger partial charge on any atom is -0.352 e. The van der Waals surface area contributed by atoms with E-state index in [0.717, 1.165) is 17.4 Å². The molecule has 1 N–H and O–H groups in total. The normalized spacial score (nSPS) is 12.2. The van der Waals surface area contributed by atoms with Gasteiger partial charge in [-0.1, -0.05) is 13.0 Å². The molecule has 1 atom stereocenters. The molecule has 2 aromatic heterocycles. The Balaban J connectivity index is 1.60. The molecule has 3 rings (SSSR count). The van der Waals surface area contributed by atoms with E-state index in [2.05, 4.69) is 22.2 Å². The number of pyridine rings is 1. The first-order valence-electron chi connectivity index (χ1n) is 7.31. The third-order valence-electron chi connectivity index (χ3n) is 3.56. The molecule has 0 bridgehead atoms. The molecule has 0 aliphatic rings. The number of carbonyl (C=O) groups is 1. The minimum atomic E-state index is -0.0526. The second kappa shape index (κ2) is 6.39. The van der Waals surface area contributed by atoms with Crippen LogP contribution in [0.25, 0.3) is 10.9 Å². The van der Waals surface area contributed by atoms with Crippen molar-refractivity contribution >= 4 is 16.8 Å². The van der Waals surface area contributed by atoms with Gasteiger partial charge in [0.25, 0.3) is 5.91 Å². The van der Waals surface area contributed by atoms with Crippen molar-refractivity contribution in [1.82, 2.24) is 19.9 Å². The number of hydrogen-bond donors (Lipinski definition) is 1. The minimum absolute atomic E-state index is 0.0526. The van der Waals surface area contributed by atoms with Crippen LogP contribution in [0.4, 0.5) is 0 Å². The van der Waals surface area contributed by atoms with Crippen molar-refractivity contribution in [2.75, 3.05) is 6.54 Å². The number of nitrogens with zero attached hydrogens (tertiary/aromatic N) is 3. The standard InChI is InChI=1S/C17H18N4O/c1-13(11-21-8-7-18-12-21)10-20-17(22)15-4-5-16-14(9-15)3-2-6-19-16/h2-9,12-13H,10-11H2,1H3,(H,20,22)/t13-/m1/s1. The van der Waals surface area contributed by atoms with Gasteiger partial charge < -0.3 is 9.88 Å². The van der Waals surface area contributed by atoms with Gasteiger partial charge in [-0.05, 0) is 30.2 Å². The lowest BCUT2D eigenvalue weighted by Gasteiger charge is -2.13. The van der Waals surface area contributed by atoms with Crippen molar-refractivity contribution in [1.29, 1.82) is 0 Å². The molecule has 5 heteroatoms. The molecule has 1 amide bonds. The fraction of sp³-hybridized carbons (Fsp3) is 0.235. The number of fused-ring (bicyclic) bond motifs is 1. The third kappa shape index (κ3) is 3.31. The van der Waals surface area contributed by atoms with Crippen LogP contribution in [0.5, 0.6) is 0 Å². The molecule has 0 saturated carbocycles. The van der Waals surface area contributed by atoms with Crippen LogP contribution in [-0.4, -0.2) is 27.0 Å². The summed E-state index contributed by atoms with van der Waals surface area (Å²) in [6, 6.07) is 9.39. The van der Waals surface area contributed by atoms with Crippen LogP contribution in [0.1, 0.15) is 17.3 Å². The summed E-state index contributed by atoms with van der Waals surface area (Å²) >= 11 is 0. The summed E-state index contributed by atoms with van der Waals surface area (Å²) in [4.78, 5) is 20.5. The highest BCUT2D eigenvalue weighted by Crippen LogP contribution is 2.13. The van der Waals surface area contributed by atoms with E-state index in [0.29, 0.717) is 18.0 Å². The zero-order chi connectivity index (χ0) is 15.4. The summed E-state index contributed by atoms with van der Waals surface area (Å²) in [6.45, 7) is 3.56. The molecule has 0 fully saturated rings. The van der Waals surface area contributed by atoms with Crippen molar-refractivity contribution in [2.24, 2.45) is 5.92 Å². The van der Waals surface area contributed by atoms with Crippen molar-refractivity contribution in [3.63, 3.8) is 0 Å². The summed E-state index contributed by atoms with van der Waals surface area (Å²) in [5, 5.41) is 3.96. The van der Waals surface area contributed by atoms with E-state index in [1.165, 1.54) is 0 Å². The predicted molar refractivity (Wildman–Crippen MR) is 85.5 cm³/mol. The summed E-state index contributed by atoms with van der Waals surface area (Å²) in [7, 11) is 0. The average Bonchev–Trinajstić information content (AvgIpc) is 3.05. The lowest BCUT2D eigenvalue weighted by Crippen LogP contribution is -2.29. The van der Waals surface area contributed by atoms with Crippen molar-refractivity contribution in [2.45, 2.75) is 13.5 Å². The van der Waals surface area contributed by atoms with Gasteiger partial charge in [0, 0.05) is 42.6 Å². The number of aromatic nitrogens is 3. The maximum absolute atomic E-state index is 12.2. The Morgan fingerprint density at radius 2 is 2.23 bits per heavy atom. The molecule has 0 aliphatic heterocycles. The van der Waals surface area contributed by atoms with Gasteiger partial charge in [-0.2, -0.15) is 0 Å². The molecule has 0 spiro atoms. The van der Waals surface area contributed by atoms with E-state index in [9.17, 15) is 4.79 Å². The smallest absolute Gasteiger partial charge is 0.251 e. The Hall–Kier alpha value is -2.69. The Bertz CT molecular complexity index is 767. The number of benzene rings is 1. The molecule has 0 unspecified atom stereocenters. The summed E-state index contributed by atoms with van der Waals surface area (Å²) in [6.07, 6.45) is 7.22. The van der Waals surface area contributed by atoms with E-state index in [-0.39, 0.29) is 5.91 Å². The third-order valence-corrected chi connectivity index (χ3v) is 3.56. The first-order valence-corrected chi connectivity index (χ1v) is 7.31. The molecule has 1 aromatic carbocycles. The van der Waals surface area contributed by atoms with Gasteiger partial charge in [-0.25, -0.2) is 4.98 Å². The topological polar surface area (TPSA) is 59.8 Å². The van der Waals surface area contributed by atoms with Gasteiger partial charge in [0.05, 0.1) is 11.8 Å². The predicted octanol–water partition coefficient (Wildman–Crippen LogP) is 2.50. The van der Waals surface area contributed by atoms with E-state index in [4.69, 9.17) is 0 Å². The molecule has 0 saturated heterocycles. The van der Waals surface area contributed by atoms with Gasteiger partial charge in [-0.15, -0.1) is 0 Å². The number of carbonyl (C=O) groups excluding carboxylic acids is 1. The Kier molecular flexibility index (Phi) is 4.14. The molecule has 5 nitrogen and oxygen atoms in total. The Morgan fingerprint density at radius 1 is 1.32 bits per heavy atom. The highest BCUT2D eigenvalue weighted by molar-refractivity contribution is 5.97. The molecule has 22 heavy (non-hydrogen) atoms. The van der Waals surface area contributed by atoms with E-state index >= 15 is 0 Å². The second-order valence-electron chi connectivity index (χ2n) is 5.49. The van der Waals surface area contributed by atoms with E-state index in [1.54, 1.807) is 18.7 Å². The SMILES string of the molecule is C[C@H](CNC(=O)c1ccc2ncccc2c1)Cn1ccnc1. The maximum Gasteiger partial charge on any atom is 0.251 e. The monoisotopic (exact) mass is 294 g/mol. The quantitative estimate of drug-likeness (QED) is 0.786. The molecular weight excluding hydrogens is 276 g/mol. The van der Waals surface area contributed by atoms with Gasteiger partial charge in [0.15, 0.2) is 0 Å². The fourth-order valence-electron chi connectivity index (χ4n) is 2.41. The molecule has 0 aliphatic carbocycles. The lowest BCUT2D eigenvalue weighted by molar-refractivity contribution is 0.0947. The zero-order valence-electron chi connectivity index (χ0n) is 12.4. The maximum atomic E-state index is 12.2. The van der Waals surface area contributed by atoms with E-state index in [1.807, 2.05) is 41.1 Å². The Morgan fingerprint density at radius 3 is 3.05 bits per heavy atom. The van der Waals surface area contributed by atoms with Crippen molar-refractivity contribution in [3.05, 3.63) is 60.8 Å². The first kappa shape index (κ1) is 14.3. The van der Waals surface area contributed by atoms with Gasteiger partial charge in [0.1, 0.15) is 0 Å². The molecule has 0 radical (unpaired) electrons. The number of rotatable bonds is 5. The van der Waals surface area contributed by atoms with Gasteiger partial charge >= 0.3 is 0 Å². The number of hydrogen-bond acceptors (Lipinski definition) is 3. The second-order valence-corrected chi connectivity index (χ2v) is 5.49. The first-order chi connectivity index (χ1) is 10.7. The Labute approximate surface area is 129 Å². The van der Waals surface area contributed by atoms with Crippen LogP contribution in [0, 0.1) is 5.92 Å². The van der Waals surface area contributed by atoms with Crippen LogP contribution in [0.3, 0.4) is 0 Å².